The van der Waals surface area contributed by atoms with E-state index in [-0.39, 0.29) is 17.6 Å². The molecule has 0 bridgehead atoms. The molecule has 1 unspecified atom stereocenters. The summed E-state index contributed by atoms with van der Waals surface area (Å²) in [7, 11) is 0. The molecule has 0 aliphatic carbocycles. The molecule has 3 heteroatoms. The van der Waals surface area contributed by atoms with Gasteiger partial charge in [-0.15, -0.1) is 0 Å². The van der Waals surface area contributed by atoms with E-state index in [2.05, 4.69) is 5.32 Å². The summed E-state index contributed by atoms with van der Waals surface area (Å²) in [6.45, 7) is 2.24. The fourth-order valence-corrected chi connectivity index (χ4v) is 1.22. The maximum Gasteiger partial charge on any atom is 0.220 e. The highest BCUT2D eigenvalue weighted by atomic mass is 16.2. The van der Waals surface area contributed by atoms with Gasteiger partial charge in [0.15, 0.2) is 0 Å². The number of rotatable bonds is 2. The van der Waals surface area contributed by atoms with E-state index in [1.54, 1.807) is 6.92 Å². The monoisotopic (exact) mass is 141 g/mol. The van der Waals surface area contributed by atoms with E-state index < -0.39 is 0 Å². The SMILES string of the molecule is CC(=O)CC1CNC(=O)C1. The van der Waals surface area contributed by atoms with E-state index >= 15 is 0 Å². The van der Waals surface area contributed by atoms with Gasteiger partial charge in [0, 0.05) is 19.4 Å². The third kappa shape index (κ3) is 1.83. The van der Waals surface area contributed by atoms with E-state index in [1.165, 1.54) is 0 Å². The molecule has 0 spiro atoms. The van der Waals surface area contributed by atoms with Crippen LogP contribution in [0, 0.1) is 5.92 Å². The molecule has 1 fully saturated rings. The predicted octanol–water partition coefficient (Wildman–Crippen LogP) is 0.102. The van der Waals surface area contributed by atoms with E-state index in [1.807, 2.05) is 0 Å². The average Bonchev–Trinajstić information content (AvgIpc) is 2.13. The summed E-state index contributed by atoms with van der Waals surface area (Å²) in [4.78, 5) is 21.2. The van der Waals surface area contributed by atoms with E-state index in [0.717, 1.165) is 0 Å². The lowest BCUT2D eigenvalue weighted by atomic mass is 10.0. The van der Waals surface area contributed by atoms with Crippen LogP contribution in [0.4, 0.5) is 0 Å². The minimum atomic E-state index is 0.0752. The third-order valence-corrected chi connectivity index (χ3v) is 1.64. The molecule has 1 amide bonds. The van der Waals surface area contributed by atoms with Gasteiger partial charge in [-0.2, -0.15) is 0 Å². The van der Waals surface area contributed by atoms with Crippen molar-refractivity contribution in [2.75, 3.05) is 6.54 Å². The fourth-order valence-electron chi connectivity index (χ4n) is 1.22. The first-order valence-electron chi connectivity index (χ1n) is 3.44. The first-order chi connectivity index (χ1) is 4.68. The maximum absolute atomic E-state index is 10.6. The van der Waals surface area contributed by atoms with Gasteiger partial charge in [-0.05, 0) is 12.8 Å². The molecule has 1 aliphatic rings. The van der Waals surface area contributed by atoms with Crippen LogP contribution in [-0.4, -0.2) is 18.2 Å². The highest BCUT2D eigenvalue weighted by Crippen LogP contribution is 2.12. The number of nitrogens with one attached hydrogen (secondary N) is 1. The third-order valence-electron chi connectivity index (χ3n) is 1.64. The lowest BCUT2D eigenvalue weighted by molar-refractivity contribution is -0.119. The summed E-state index contributed by atoms with van der Waals surface area (Å²) < 4.78 is 0. The molecule has 1 rings (SSSR count). The van der Waals surface area contributed by atoms with Gasteiger partial charge in [0.25, 0.3) is 0 Å². The number of carbonyl (C=O) groups excluding carboxylic acids is 2. The molecule has 56 valence electrons. The van der Waals surface area contributed by atoms with Gasteiger partial charge >= 0.3 is 0 Å². The molecule has 10 heavy (non-hydrogen) atoms. The molecular weight excluding hydrogens is 130 g/mol. The van der Waals surface area contributed by atoms with E-state index in [4.69, 9.17) is 0 Å². The number of carbonyl (C=O) groups is 2. The van der Waals surface area contributed by atoms with Crippen molar-refractivity contribution < 1.29 is 9.59 Å². The number of hydrogen-bond acceptors (Lipinski definition) is 2. The van der Waals surface area contributed by atoms with Crippen molar-refractivity contribution in [3.8, 4) is 0 Å². The molecule has 1 N–H and O–H groups in total. The van der Waals surface area contributed by atoms with Crippen molar-refractivity contribution in [3.63, 3.8) is 0 Å². The lowest BCUT2D eigenvalue weighted by Gasteiger charge is -2.00. The zero-order chi connectivity index (χ0) is 7.56. The van der Waals surface area contributed by atoms with Gasteiger partial charge in [0.1, 0.15) is 5.78 Å². The Morgan fingerprint density at radius 3 is 2.90 bits per heavy atom. The van der Waals surface area contributed by atoms with Crippen LogP contribution in [0.15, 0.2) is 0 Å². The Morgan fingerprint density at radius 2 is 2.50 bits per heavy atom. The molecule has 0 saturated carbocycles. The molecule has 1 heterocycles. The van der Waals surface area contributed by atoms with Crippen LogP contribution < -0.4 is 5.32 Å². The highest BCUT2D eigenvalue weighted by molar-refractivity contribution is 5.81. The first-order valence-corrected chi connectivity index (χ1v) is 3.44. The van der Waals surface area contributed by atoms with Crippen LogP contribution in [0.1, 0.15) is 19.8 Å². The summed E-state index contributed by atoms with van der Waals surface area (Å²) in [5.41, 5.74) is 0. The van der Waals surface area contributed by atoms with Crippen molar-refractivity contribution in [2.45, 2.75) is 19.8 Å². The Kier molecular flexibility index (Phi) is 2.04. The minimum absolute atomic E-state index is 0.0752. The lowest BCUT2D eigenvalue weighted by Crippen LogP contribution is -2.14. The van der Waals surface area contributed by atoms with E-state index in [9.17, 15) is 9.59 Å². The number of Topliss-reactive ketones (excluding diaryl/α,β-unsaturated/α-hetero) is 1. The minimum Gasteiger partial charge on any atom is -0.356 e. The quantitative estimate of drug-likeness (QED) is 0.593. The normalized spacial score (nSPS) is 24.5. The van der Waals surface area contributed by atoms with Gasteiger partial charge in [-0.25, -0.2) is 0 Å². The Morgan fingerprint density at radius 1 is 1.80 bits per heavy atom. The first kappa shape index (κ1) is 7.25. The summed E-state index contributed by atoms with van der Waals surface area (Å²) in [5, 5.41) is 2.68. The Balaban J connectivity index is 2.31. The van der Waals surface area contributed by atoms with Crippen molar-refractivity contribution in [2.24, 2.45) is 5.92 Å². The fraction of sp³-hybridized carbons (Fsp3) is 0.714. The Bertz CT molecular complexity index is 165. The number of ketones is 1. The molecule has 3 nitrogen and oxygen atoms in total. The van der Waals surface area contributed by atoms with Gasteiger partial charge in [-0.1, -0.05) is 0 Å². The molecular formula is C7H11NO2. The molecule has 1 aliphatic heterocycles. The van der Waals surface area contributed by atoms with E-state index in [0.29, 0.717) is 19.4 Å². The second-order valence-electron chi connectivity index (χ2n) is 2.78. The summed E-state index contributed by atoms with van der Waals surface area (Å²) in [6, 6.07) is 0. The zero-order valence-electron chi connectivity index (χ0n) is 6.02. The van der Waals surface area contributed by atoms with Gasteiger partial charge < -0.3 is 10.1 Å². The Labute approximate surface area is 59.8 Å². The second kappa shape index (κ2) is 2.82. The average molecular weight is 141 g/mol. The number of amides is 1. The van der Waals surface area contributed by atoms with Gasteiger partial charge in [0.2, 0.25) is 5.91 Å². The summed E-state index contributed by atoms with van der Waals surface area (Å²) in [6.07, 6.45) is 1.07. The van der Waals surface area contributed by atoms with Crippen LogP contribution in [0.3, 0.4) is 0 Å². The van der Waals surface area contributed by atoms with Crippen LogP contribution in [0.25, 0.3) is 0 Å². The van der Waals surface area contributed by atoms with Crippen LogP contribution in [0.5, 0.6) is 0 Å². The molecule has 0 aromatic carbocycles. The van der Waals surface area contributed by atoms with Crippen molar-refractivity contribution >= 4 is 11.7 Å². The standard InChI is InChI=1S/C7H11NO2/c1-5(9)2-6-3-7(10)8-4-6/h6H,2-4H2,1H3,(H,8,10). The predicted molar refractivity (Wildman–Crippen MR) is 36.4 cm³/mol. The van der Waals surface area contributed by atoms with Crippen molar-refractivity contribution in [3.05, 3.63) is 0 Å². The van der Waals surface area contributed by atoms with Crippen molar-refractivity contribution in [1.82, 2.24) is 5.32 Å². The van der Waals surface area contributed by atoms with Gasteiger partial charge in [-0.3, -0.25) is 4.79 Å². The molecule has 0 aromatic rings. The number of hydrogen-bond donors (Lipinski definition) is 1. The molecule has 0 radical (unpaired) electrons. The highest BCUT2D eigenvalue weighted by Gasteiger charge is 2.21. The molecule has 1 saturated heterocycles. The second-order valence-corrected chi connectivity index (χ2v) is 2.78. The van der Waals surface area contributed by atoms with Crippen LogP contribution in [-0.2, 0) is 9.59 Å². The largest absolute Gasteiger partial charge is 0.356 e. The van der Waals surface area contributed by atoms with Crippen LogP contribution in [0.2, 0.25) is 0 Å². The molecule has 0 aromatic heterocycles. The smallest absolute Gasteiger partial charge is 0.220 e. The summed E-state index contributed by atoms with van der Waals surface area (Å²) in [5.74, 6) is 0.498. The Hall–Kier alpha value is -0.860. The van der Waals surface area contributed by atoms with Gasteiger partial charge in [0.05, 0.1) is 0 Å². The van der Waals surface area contributed by atoms with Crippen molar-refractivity contribution in [1.29, 1.82) is 0 Å². The molecule has 1 atom stereocenters. The van der Waals surface area contributed by atoms with Crippen LogP contribution >= 0.6 is 0 Å². The summed E-state index contributed by atoms with van der Waals surface area (Å²) >= 11 is 0. The maximum atomic E-state index is 10.6. The topological polar surface area (TPSA) is 46.2 Å². The zero-order valence-corrected chi connectivity index (χ0v) is 6.02.